The van der Waals surface area contributed by atoms with Crippen LogP contribution in [0.2, 0.25) is 0 Å². The van der Waals surface area contributed by atoms with Crippen molar-refractivity contribution in [2.75, 3.05) is 31.1 Å². The Labute approximate surface area is 135 Å². The van der Waals surface area contributed by atoms with Gasteiger partial charge in [-0.25, -0.2) is 4.98 Å². The molecule has 2 aromatic rings. The molecule has 5 nitrogen and oxygen atoms in total. The van der Waals surface area contributed by atoms with Gasteiger partial charge in [0.15, 0.2) is 5.76 Å². The van der Waals surface area contributed by atoms with Crippen molar-refractivity contribution in [2.45, 2.75) is 19.3 Å². The van der Waals surface area contributed by atoms with Crippen LogP contribution < -0.4 is 4.90 Å². The minimum Gasteiger partial charge on any atom is -0.459 e. The summed E-state index contributed by atoms with van der Waals surface area (Å²) in [6.45, 7) is 3.63. The Bertz CT molecular complexity index is 671. The molecule has 0 radical (unpaired) electrons. The molecule has 2 aliphatic rings. The summed E-state index contributed by atoms with van der Waals surface area (Å²) in [6.07, 6.45) is 6.76. The van der Waals surface area contributed by atoms with Gasteiger partial charge in [-0.05, 0) is 43.5 Å². The molecule has 2 fully saturated rings. The molecule has 4 rings (SSSR count). The Balaban J connectivity index is 1.48. The van der Waals surface area contributed by atoms with Gasteiger partial charge < -0.3 is 14.2 Å². The fourth-order valence-electron chi connectivity index (χ4n) is 3.94. The quantitative estimate of drug-likeness (QED) is 0.856. The predicted octanol–water partition coefficient (Wildman–Crippen LogP) is 2.81. The van der Waals surface area contributed by atoms with Gasteiger partial charge in [-0.3, -0.25) is 4.79 Å². The van der Waals surface area contributed by atoms with Crippen LogP contribution in [-0.2, 0) is 0 Å². The SMILES string of the molecule is O=C(c1ccco1)N1CCC[C@@]2(CCN(c3ccccn3)C2)C1. The first-order chi connectivity index (χ1) is 11.3. The van der Waals surface area contributed by atoms with Gasteiger partial charge in [0.05, 0.1) is 6.26 Å². The van der Waals surface area contributed by atoms with Crippen LogP contribution in [0.1, 0.15) is 29.8 Å². The average molecular weight is 311 g/mol. The highest BCUT2D eigenvalue weighted by Crippen LogP contribution is 2.40. The van der Waals surface area contributed by atoms with E-state index in [-0.39, 0.29) is 11.3 Å². The maximum atomic E-state index is 12.6. The van der Waals surface area contributed by atoms with Crippen LogP contribution in [0.4, 0.5) is 5.82 Å². The third-order valence-electron chi connectivity index (χ3n) is 5.09. The summed E-state index contributed by atoms with van der Waals surface area (Å²) < 4.78 is 5.28. The first-order valence-electron chi connectivity index (χ1n) is 8.25. The first-order valence-corrected chi connectivity index (χ1v) is 8.25. The zero-order chi connectivity index (χ0) is 15.7. The number of carbonyl (C=O) groups excluding carboxylic acids is 1. The molecule has 2 saturated heterocycles. The van der Waals surface area contributed by atoms with E-state index < -0.39 is 0 Å². The van der Waals surface area contributed by atoms with Gasteiger partial charge in [0.1, 0.15) is 5.82 Å². The molecule has 0 aromatic carbocycles. The smallest absolute Gasteiger partial charge is 0.289 e. The Morgan fingerprint density at radius 3 is 2.87 bits per heavy atom. The van der Waals surface area contributed by atoms with Gasteiger partial charge in [0.2, 0.25) is 0 Å². The van der Waals surface area contributed by atoms with Crippen LogP contribution >= 0.6 is 0 Å². The average Bonchev–Trinajstić information content (AvgIpc) is 3.26. The van der Waals surface area contributed by atoms with Gasteiger partial charge in [0, 0.05) is 37.8 Å². The van der Waals surface area contributed by atoms with Crippen LogP contribution in [0.3, 0.4) is 0 Å². The van der Waals surface area contributed by atoms with Crippen LogP contribution in [0.15, 0.2) is 47.2 Å². The summed E-state index contributed by atoms with van der Waals surface area (Å²) in [6, 6.07) is 9.55. The number of hydrogen-bond donors (Lipinski definition) is 0. The van der Waals surface area contributed by atoms with Gasteiger partial charge in [-0.1, -0.05) is 6.07 Å². The van der Waals surface area contributed by atoms with Crippen LogP contribution in [0, 0.1) is 5.41 Å². The standard InChI is InChI=1S/C18H21N3O2/c22-17(15-5-3-12-23-15)21-10-4-7-18(14-21)8-11-20(13-18)16-6-1-2-9-19-16/h1-3,5-6,9,12H,4,7-8,10-11,13-14H2/t18-/m0/s1. The lowest BCUT2D eigenvalue weighted by Gasteiger charge is -2.40. The lowest BCUT2D eigenvalue weighted by Crippen LogP contribution is -2.47. The molecule has 5 heteroatoms. The third kappa shape index (κ3) is 2.71. The summed E-state index contributed by atoms with van der Waals surface area (Å²) >= 11 is 0. The lowest BCUT2D eigenvalue weighted by atomic mass is 9.79. The van der Waals surface area contributed by atoms with Gasteiger partial charge in [-0.15, -0.1) is 0 Å². The van der Waals surface area contributed by atoms with E-state index in [2.05, 4.69) is 16.0 Å². The number of piperidine rings is 1. The zero-order valence-corrected chi connectivity index (χ0v) is 13.1. The molecule has 1 amide bonds. The van der Waals surface area contributed by atoms with Crippen LogP contribution in [0.5, 0.6) is 0 Å². The molecule has 1 spiro atoms. The van der Waals surface area contributed by atoms with Crippen molar-refractivity contribution in [2.24, 2.45) is 5.41 Å². The number of amides is 1. The molecular formula is C18H21N3O2. The monoisotopic (exact) mass is 311 g/mol. The van der Waals surface area contributed by atoms with E-state index in [1.54, 1.807) is 18.4 Å². The Hall–Kier alpha value is -2.30. The molecule has 0 saturated carbocycles. The number of carbonyl (C=O) groups is 1. The zero-order valence-electron chi connectivity index (χ0n) is 13.1. The number of likely N-dealkylation sites (tertiary alicyclic amines) is 1. The second-order valence-corrected chi connectivity index (χ2v) is 6.67. The van der Waals surface area contributed by atoms with E-state index in [0.29, 0.717) is 5.76 Å². The van der Waals surface area contributed by atoms with E-state index in [9.17, 15) is 4.79 Å². The fourth-order valence-corrected chi connectivity index (χ4v) is 3.94. The number of hydrogen-bond acceptors (Lipinski definition) is 4. The van der Waals surface area contributed by atoms with Gasteiger partial charge >= 0.3 is 0 Å². The van der Waals surface area contributed by atoms with Crippen molar-refractivity contribution >= 4 is 11.7 Å². The Morgan fingerprint density at radius 1 is 1.13 bits per heavy atom. The van der Waals surface area contributed by atoms with E-state index in [0.717, 1.165) is 44.8 Å². The summed E-state index contributed by atoms with van der Waals surface area (Å²) in [5, 5.41) is 0. The van der Waals surface area contributed by atoms with Crippen LogP contribution in [0.25, 0.3) is 0 Å². The normalized spacial score (nSPS) is 24.3. The highest BCUT2D eigenvalue weighted by Gasteiger charge is 2.43. The minimum atomic E-state index is 0.0189. The van der Waals surface area contributed by atoms with Crippen molar-refractivity contribution < 1.29 is 9.21 Å². The highest BCUT2D eigenvalue weighted by atomic mass is 16.3. The van der Waals surface area contributed by atoms with Crippen molar-refractivity contribution in [3.63, 3.8) is 0 Å². The number of aromatic nitrogens is 1. The minimum absolute atomic E-state index is 0.0189. The topological polar surface area (TPSA) is 49.6 Å². The molecule has 0 N–H and O–H groups in total. The van der Waals surface area contributed by atoms with E-state index in [1.807, 2.05) is 23.2 Å². The maximum Gasteiger partial charge on any atom is 0.289 e. The Kier molecular flexibility index (Phi) is 3.56. The molecule has 23 heavy (non-hydrogen) atoms. The summed E-state index contributed by atoms with van der Waals surface area (Å²) in [7, 11) is 0. The molecule has 4 heterocycles. The second kappa shape index (κ2) is 5.72. The number of nitrogens with zero attached hydrogens (tertiary/aromatic N) is 3. The molecular weight excluding hydrogens is 290 g/mol. The second-order valence-electron chi connectivity index (χ2n) is 6.67. The predicted molar refractivity (Wildman–Crippen MR) is 87.3 cm³/mol. The van der Waals surface area contributed by atoms with Crippen molar-refractivity contribution in [3.8, 4) is 0 Å². The molecule has 120 valence electrons. The summed E-state index contributed by atoms with van der Waals surface area (Å²) in [5.74, 6) is 1.51. The van der Waals surface area contributed by atoms with Crippen molar-refractivity contribution in [3.05, 3.63) is 48.6 Å². The third-order valence-corrected chi connectivity index (χ3v) is 5.09. The molecule has 0 bridgehead atoms. The molecule has 2 aliphatic heterocycles. The molecule has 0 unspecified atom stereocenters. The van der Waals surface area contributed by atoms with E-state index in [1.165, 1.54) is 6.42 Å². The molecule has 1 atom stereocenters. The largest absolute Gasteiger partial charge is 0.459 e. The number of pyridine rings is 1. The van der Waals surface area contributed by atoms with Crippen molar-refractivity contribution in [1.29, 1.82) is 0 Å². The molecule has 0 aliphatic carbocycles. The fraction of sp³-hybridized carbons (Fsp3) is 0.444. The van der Waals surface area contributed by atoms with E-state index in [4.69, 9.17) is 4.42 Å². The number of furan rings is 1. The number of anilines is 1. The Morgan fingerprint density at radius 2 is 2.09 bits per heavy atom. The first kappa shape index (κ1) is 14.3. The summed E-state index contributed by atoms with van der Waals surface area (Å²) in [5.41, 5.74) is 0.192. The number of rotatable bonds is 2. The maximum absolute atomic E-state index is 12.6. The van der Waals surface area contributed by atoms with Crippen molar-refractivity contribution in [1.82, 2.24) is 9.88 Å². The van der Waals surface area contributed by atoms with Crippen LogP contribution in [-0.4, -0.2) is 42.0 Å². The van der Waals surface area contributed by atoms with Gasteiger partial charge in [0.25, 0.3) is 5.91 Å². The highest BCUT2D eigenvalue weighted by molar-refractivity contribution is 5.91. The van der Waals surface area contributed by atoms with Gasteiger partial charge in [-0.2, -0.15) is 0 Å². The van der Waals surface area contributed by atoms with E-state index >= 15 is 0 Å². The summed E-state index contributed by atoms with van der Waals surface area (Å²) in [4.78, 5) is 21.3. The molecule has 2 aromatic heterocycles. The lowest BCUT2D eigenvalue weighted by molar-refractivity contribution is 0.0526.